The largest absolute Gasteiger partial charge is 0.492 e. The minimum absolute atomic E-state index is 0.0339. The molecule has 0 spiro atoms. The van der Waals surface area contributed by atoms with Gasteiger partial charge in [-0.2, -0.15) is 0 Å². The predicted molar refractivity (Wildman–Crippen MR) is 65.0 cm³/mol. The van der Waals surface area contributed by atoms with Crippen molar-refractivity contribution in [3.8, 4) is 5.75 Å². The highest BCUT2D eigenvalue weighted by atomic mass is 32.1. The van der Waals surface area contributed by atoms with Gasteiger partial charge in [0.1, 0.15) is 5.75 Å². The first-order chi connectivity index (χ1) is 8.63. The highest BCUT2D eigenvalue weighted by molar-refractivity contribution is 7.80. The Kier molecular flexibility index (Phi) is 2.66. The summed E-state index contributed by atoms with van der Waals surface area (Å²) in [4.78, 5) is 0. The summed E-state index contributed by atoms with van der Waals surface area (Å²) < 4.78 is 31.7. The summed E-state index contributed by atoms with van der Waals surface area (Å²) in [5.74, 6) is -1.30. The average Bonchev–Trinajstić information content (AvgIpc) is 2.77. The topological polar surface area (TPSA) is 35.4 Å². The standard InChI is InChI=1S/C12H9F2N2OS/c13-8-2-6-1-7(10-4-15-12(18)16-10)5-17-11(6)3-9(8)14/h2-4,7H,1,5H2,(H,16,18). The summed E-state index contributed by atoms with van der Waals surface area (Å²) in [6.07, 6.45) is 2.23. The van der Waals surface area contributed by atoms with Gasteiger partial charge in [0.25, 0.3) is 0 Å². The third-order valence-corrected chi connectivity index (χ3v) is 3.23. The highest BCUT2D eigenvalue weighted by Gasteiger charge is 2.27. The molecule has 3 nitrogen and oxygen atoms in total. The van der Waals surface area contributed by atoms with E-state index >= 15 is 0 Å². The molecule has 1 atom stereocenters. The monoisotopic (exact) mass is 267 g/mol. The highest BCUT2D eigenvalue weighted by Crippen LogP contribution is 2.31. The predicted octanol–water partition coefficient (Wildman–Crippen LogP) is 1.85. The molecule has 0 saturated heterocycles. The Morgan fingerprint density at radius 2 is 2.11 bits per heavy atom. The van der Waals surface area contributed by atoms with Gasteiger partial charge >= 0.3 is 0 Å². The number of benzene rings is 1. The molecule has 0 bridgehead atoms. The molecule has 2 aliphatic rings. The minimum atomic E-state index is -0.887. The van der Waals surface area contributed by atoms with Crippen LogP contribution in [-0.4, -0.2) is 11.7 Å². The molecular formula is C12H9F2N2OS. The van der Waals surface area contributed by atoms with Gasteiger partial charge in [-0.05, 0) is 30.3 Å². The van der Waals surface area contributed by atoms with E-state index in [1.54, 1.807) is 6.20 Å². The summed E-state index contributed by atoms with van der Waals surface area (Å²) >= 11 is 4.90. The molecule has 18 heavy (non-hydrogen) atoms. The Morgan fingerprint density at radius 1 is 1.33 bits per heavy atom. The molecule has 93 valence electrons. The summed E-state index contributed by atoms with van der Waals surface area (Å²) in [7, 11) is 0. The van der Waals surface area contributed by atoms with E-state index in [-0.39, 0.29) is 5.92 Å². The molecule has 1 unspecified atom stereocenters. The number of nitrogens with one attached hydrogen (secondary N) is 1. The van der Waals surface area contributed by atoms with Crippen molar-refractivity contribution in [2.45, 2.75) is 6.42 Å². The van der Waals surface area contributed by atoms with Crippen LogP contribution in [0.1, 0.15) is 5.56 Å². The van der Waals surface area contributed by atoms with Crippen molar-refractivity contribution in [1.29, 1.82) is 0 Å². The second kappa shape index (κ2) is 4.20. The summed E-state index contributed by atoms with van der Waals surface area (Å²) in [5.41, 5.74) is 1.51. The van der Waals surface area contributed by atoms with Gasteiger partial charge < -0.3 is 10.1 Å². The molecule has 0 amide bonds. The lowest BCUT2D eigenvalue weighted by Crippen LogP contribution is -2.29. The van der Waals surface area contributed by atoms with Gasteiger partial charge in [-0.3, -0.25) is 0 Å². The van der Waals surface area contributed by atoms with E-state index in [0.717, 1.165) is 11.8 Å². The van der Waals surface area contributed by atoms with Gasteiger partial charge in [-0.15, -0.1) is 0 Å². The van der Waals surface area contributed by atoms with E-state index in [1.807, 2.05) is 0 Å². The number of fused-ring (bicyclic) bond motifs is 1. The SMILES string of the molecule is Fc1cc2c(cc1F)OCC(C1=C[N]C(=S)N1)C2. The van der Waals surface area contributed by atoms with Crippen LogP contribution in [0.25, 0.3) is 0 Å². The molecule has 3 rings (SSSR count). The van der Waals surface area contributed by atoms with Crippen LogP contribution in [0.3, 0.4) is 0 Å². The van der Waals surface area contributed by atoms with Crippen LogP contribution in [0.2, 0.25) is 0 Å². The lowest BCUT2D eigenvalue weighted by molar-refractivity contribution is 0.238. The normalized spacial score (nSPS) is 21.6. The van der Waals surface area contributed by atoms with Crippen LogP contribution in [0, 0.1) is 17.6 Å². The van der Waals surface area contributed by atoms with Crippen molar-refractivity contribution in [2.24, 2.45) is 5.92 Å². The summed E-state index contributed by atoms with van der Waals surface area (Å²) in [6.45, 7) is 0.398. The molecule has 1 aromatic rings. The second-order valence-corrected chi connectivity index (χ2v) is 4.62. The quantitative estimate of drug-likeness (QED) is 0.789. The average molecular weight is 267 g/mol. The van der Waals surface area contributed by atoms with Gasteiger partial charge in [0, 0.05) is 23.9 Å². The van der Waals surface area contributed by atoms with Gasteiger partial charge in [0.15, 0.2) is 16.7 Å². The first kappa shape index (κ1) is 11.4. The maximum atomic E-state index is 13.2. The van der Waals surface area contributed by atoms with Crippen LogP contribution in [0.5, 0.6) is 5.75 Å². The first-order valence-electron chi connectivity index (χ1n) is 5.46. The molecule has 2 heterocycles. The van der Waals surface area contributed by atoms with E-state index in [0.29, 0.717) is 29.5 Å². The number of hydrogen-bond acceptors (Lipinski definition) is 2. The number of ether oxygens (including phenoxy) is 1. The zero-order valence-corrected chi connectivity index (χ0v) is 10.1. The lowest BCUT2D eigenvalue weighted by atomic mass is 9.94. The number of rotatable bonds is 1. The maximum absolute atomic E-state index is 13.2. The molecule has 1 N–H and O–H groups in total. The Morgan fingerprint density at radius 3 is 2.83 bits per heavy atom. The zero-order chi connectivity index (χ0) is 12.7. The number of halogens is 2. The van der Waals surface area contributed by atoms with Crippen LogP contribution in [0.4, 0.5) is 8.78 Å². The van der Waals surface area contributed by atoms with E-state index in [4.69, 9.17) is 17.0 Å². The maximum Gasteiger partial charge on any atom is 0.197 e. The van der Waals surface area contributed by atoms with Crippen LogP contribution >= 0.6 is 12.2 Å². The van der Waals surface area contributed by atoms with E-state index in [2.05, 4.69) is 10.6 Å². The van der Waals surface area contributed by atoms with E-state index in [1.165, 1.54) is 6.07 Å². The first-order valence-corrected chi connectivity index (χ1v) is 5.87. The van der Waals surface area contributed by atoms with Crippen molar-refractivity contribution in [3.05, 3.63) is 41.2 Å². The van der Waals surface area contributed by atoms with Crippen LogP contribution in [0.15, 0.2) is 24.0 Å². The molecule has 0 aliphatic carbocycles. The molecule has 0 saturated carbocycles. The fraction of sp³-hybridized carbons (Fsp3) is 0.250. The molecule has 1 radical (unpaired) electrons. The molecule has 6 heteroatoms. The fourth-order valence-corrected chi connectivity index (χ4v) is 2.27. The van der Waals surface area contributed by atoms with Crippen molar-refractivity contribution >= 4 is 17.3 Å². The lowest BCUT2D eigenvalue weighted by Gasteiger charge is -2.26. The Hall–Kier alpha value is -1.69. The number of thiocarbonyl (C=S) groups is 1. The smallest absolute Gasteiger partial charge is 0.197 e. The molecule has 2 aliphatic heterocycles. The van der Waals surface area contributed by atoms with Gasteiger partial charge in [-0.1, -0.05) is 0 Å². The van der Waals surface area contributed by atoms with E-state index in [9.17, 15) is 8.78 Å². The van der Waals surface area contributed by atoms with Crippen LogP contribution in [-0.2, 0) is 6.42 Å². The van der Waals surface area contributed by atoms with Crippen molar-refractivity contribution in [3.63, 3.8) is 0 Å². The summed E-state index contributed by atoms with van der Waals surface area (Å²) in [6, 6.07) is 2.27. The summed E-state index contributed by atoms with van der Waals surface area (Å²) in [5, 5.41) is 7.33. The number of nitrogens with zero attached hydrogens (tertiary/aromatic N) is 1. The Bertz CT molecular complexity index is 559. The minimum Gasteiger partial charge on any atom is -0.492 e. The van der Waals surface area contributed by atoms with Gasteiger partial charge in [-0.25, -0.2) is 14.1 Å². The van der Waals surface area contributed by atoms with Crippen molar-refractivity contribution < 1.29 is 13.5 Å². The fourth-order valence-electron chi connectivity index (χ4n) is 2.10. The number of hydrogen-bond donors (Lipinski definition) is 1. The van der Waals surface area contributed by atoms with Gasteiger partial charge in [0.05, 0.1) is 6.61 Å². The van der Waals surface area contributed by atoms with Crippen molar-refractivity contribution in [2.75, 3.05) is 6.61 Å². The molecule has 0 fully saturated rings. The third kappa shape index (κ3) is 1.92. The zero-order valence-electron chi connectivity index (χ0n) is 9.24. The Labute approximate surface area is 108 Å². The third-order valence-electron chi connectivity index (χ3n) is 3.02. The van der Waals surface area contributed by atoms with E-state index < -0.39 is 11.6 Å². The second-order valence-electron chi connectivity index (χ2n) is 4.23. The molecule has 0 aromatic heterocycles. The molecular weight excluding hydrogens is 258 g/mol. The molecule has 1 aromatic carbocycles. The van der Waals surface area contributed by atoms with Crippen LogP contribution < -0.4 is 15.4 Å². The van der Waals surface area contributed by atoms with Crippen molar-refractivity contribution in [1.82, 2.24) is 10.6 Å². The van der Waals surface area contributed by atoms with Gasteiger partial charge in [0.2, 0.25) is 0 Å². The Balaban J connectivity index is 1.85.